The molecule has 3 aromatic carbocycles. The van der Waals surface area contributed by atoms with Gasteiger partial charge in [-0.1, -0.05) is 111 Å². The molecular weight excluding hydrogens is 900 g/mol. The van der Waals surface area contributed by atoms with Crippen LogP contribution in [0.4, 0.5) is 16.4 Å². The second-order valence-corrected chi connectivity index (χ2v) is 19.0. The molecule has 0 saturated carbocycles. The molecule has 1 aliphatic carbocycles. The Balaban J connectivity index is 1.15. The van der Waals surface area contributed by atoms with Gasteiger partial charge in [-0.15, -0.1) is 0 Å². The number of benzene rings is 3. The normalized spacial score (nSPS) is 15.6. The smallest absolute Gasteiger partial charge is 0.409 e. The highest BCUT2D eigenvalue weighted by Gasteiger charge is 2.33. The van der Waals surface area contributed by atoms with Crippen molar-refractivity contribution in [1.29, 1.82) is 0 Å². The van der Waals surface area contributed by atoms with Crippen LogP contribution >= 0.6 is 11.6 Å². The number of likely N-dealkylation sites (tertiary alicyclic amines) is 1. The maximum Gasteiger partial charge on any atom is 0.409 e. The average Bonchev–Trinajstić information content (AvgIpc) is 3.67. The molecular formula is C52H71ClN8O8. The maximum atomic E-state index is 14.6. The summed E-state index contributed by atoms with van der Waals surface area (Å²) in [6, 6.07) is 24.4. The first-order valence-corrected chi connectivity index (χ1v) is 24.8. The van der Waals surface area contributed by atoms with E-state index < -0.39 is 30.3 Å². The lowest BCUT2D eigenvalue weighted by Gasteiger charge is -2.36. The van der Waals surface area contributed by atoms with Crippen LogP contribution in [0.5, 0.6) is 0 Å². The molecule has 4 atom stereocenters. The van der Waals surface area contributed by atoms with Crippen LogP contribution in [0.15, 0.2) is 72.8 Å². The number of nitrogens with zero attached hydrogens (tertiary/aromatic N) is 5. The molecule has 17 heteroatoms. The lowest BCUT2D eigenvalue weighted by molar-refractivity contribution is -0.133. The molecule has 1 aliphatic heterocycles. The SMILES string of the molecule is CCCCCCN(CCC(=O)N1CCC(CN(C[C@H](CNC(=O)c2nc(Cl)c(N)nc2N)Cc2ccccc2C)C(=O)OCC2c3ccccc3-c3ccccc32)CC1)CC(O)C(O)C(O)CCO. The lowest BCUT2D eigenvalue weighted by Crippen LogP contribution is -2.47. The van der Waals surface area contributed by atoms with Gasteiger partial charge in [0.25, 0.3) is 5.91 Å². The third-order valence-corrected chi connectivity index (χ3v) is 13.9. The van der Waals surface area contributed by atoms with E-state index in [1.807, 2.05) is 65.3 Å². The number of piperidine rings is 1. The molecule has 0 spiro atoms. The molecule has 4 aromatic rings. The fourth-order valence-corrected chi connectivity index (χ4v) is 9.71. The minimum atomic E-state index is -1.42. The van der Waals surface area contributed by atoms with Gasteiger partial charge in [0.05, 0.1) is 12.2 Å². The van der Waals surface area contributed by atoms with E-state index in [0.29, 0.717) is 52.0 Å². The lowest BCUT2D eigenvalue weighted by atomic mass is 9.93. The Morgan fingerprint density at radius 2 is 1.54 bits per heavy atom. The fraction of sp³-hybridized carbons (Fsp3) is 0.519. The van der Waals surface area contributed by atoms with Crippen molar-refractivity contribution < 1.29 is 39.5 Å². The second kappa shape index (κ2) is 26.0. The van der Waals surface area contributed by atoms with Crippen molar-refractivity contribution >= 4 is 41.1 Å². The molecule has 2 heterocycles. The van der Waals surface area contributed by atoms with E-state index in [2.05, 4.69) is 46.5 Å². The van der Waals surface area contributed by atoms with Crippen molar-refractivity contribution in [3.05, 3.63) is 106 Å². The molecule has 3 amide bonds. The van der Waals surface area contributed by atoms with Crippen LogP contribution in [0, 0.1) is 18.8 Å². The fourth-order valence-electron chi connectivity index (χ4n) is 9.58. The first kappa shape index (κ1) is 53.0. The van der Waals surface area contributed by atoms with Gasteiger partial charge in [0.15, 0.2) is 22.5 Å². The second-order valence-electron chi connectivity index (χ2n) is 18.6. The molecule has 1 saturated heterocycles. The summed E-state index contributed by atoms with van der Waals surface area (Å²) in [6.45, 7) is 6.86. The third kappa shape index (κ3) is 14.6. The van der Waals surface area contributed by atoms with E-state index in [9.17, 15) is 34.8 Å². The summed E-state index contributed by atoms with van der Waals surface area (Å²) >= 11 is 6.12. The Kier molecular flexibility index (Phi) is 20.0. The number of halogens is 1. The number of carbonyl (C=O) groups is 3. The molecule has 6 rings (SSSR count). The van der Waals surface area contributed by atoms with Crippen LogP contribution < -0.4 is 16.8 Å². The van der Waals surface area contributed by atoms with Crippen LogP contribution in [-0.2, 0) is 16.0 Å². The molecule has 1 fully saturated rings. The van der Waals surface area contributed by atoms with Gasteiger partial charge in [-0.2, -0.15) is 0 Å². The topological polar surface area (TPSA) is 241 Å². The summed E-state index contributed by atoms with van der Waals surface area (Å²) in [7, 11) is 0. The van der Waals surface area contributed by atoms with E-state index >= 15 is 0 Å². The number of hydrogen-bond donors (Lipinski definition) is 7. The van der Waals surface area contributed by atoms with Gasteiger partial charge in [-0.3, -0.25) is 9.59 Å². The molecule has 374 valence electrons. The average molecular weight is 972 g/mol. The van der Waals surface area contributed by atoms with E-state index in [4.69, 9.17) is 27.8 Å². The van der Waals surface area contributed by atoms with Crippen LogP contribution in [0.25, 0.3) is 11.1 Å². The van der Waals surface area contributed by atoms with Crippen molar-refractivity contribution in [1.82, 2.24) is 30.0 Å². The first-order chi connectivity index (χ1) is 33.3. The maximum absolute atomic E-state index is 14.6. The molecule has 69 heavy (non-hydrogen) atoms. The Bertz CT molecular complexity index is 2270. The number of aryl methyl sites for hydroxylation is 1. The number of nitrogens with one attached hydrogen (secondary N) is 1. The number of fused-ring (bicyclic) bond motifs is 3. The van der Waals surface area contributed by atoms with Gasteiger partial charge in [-0.05, 0) is 90.8 Å². The zero-order valence-corrected chi connectivity index (χ0v) is 40.8. The van der Waals surface area contributed by atoms with Gasteiger partial charge >= 0.3 is 6.09 Å². The molecule has 0 bridgehead atoms. The number of hydrogen-bond acceptors (Lipinski definition) is 13. The summed E-state index contributed by atoms with van der Waals surface area (Å²) < 4.78 is 6.29. The predicted octanol–water partition coefficient (Wildman–Crippen LogP) is 5.42. The van der Waals surface area contributed by atoms with Gasteiger partial charge in [0.2, 0.25) is 5.91 Å². The quantitative estimate of drug-likeness (QED) is 0.0411. The number of rotatable bonds is 25. The van der Waals surface area contributed by atoms with Gasteiger partial charge < -0.3 is 56.6 Å². The van der Waals surface area contributed by atoms with Crippen LogP contribution in [0.3, 0.4) is 0 Å². The molecule has 0 radical (unpaired) electrons. The molecule has 1 aromatic heterocycles. The zero-order chi connectivity index (χ0) is 49.5. The number of carbonyl (C=O) groups excluding carboxylic acids is 3. The summed E-state index contributed by atoms with van der Waals surface area (Å²) in [5, 5.41) is 43.5. The van der Waals surface area contributed by atoms with Crippen molar-refractivity contribution in [2.24, 2.45) is 11.8 Å². The number of aliphatic hydroxyl groups excluding tert-OH is 4. The summed E-state index contributed by atoms with van der Waals surface area (Å²) in [5.41, 5.74) is 18.3. The zero-order valence-electron chi connectivity index (χ0n) is 40.0. The van der Waals surface area contributed by atoms with E-state index in [1.54, 1.807) is 4.90 Å². The molecule has 3 unspecified atom stereocenters. The Morgan fingerprint density at radius 3 is 2.20 bits per heavy atom. The molecule has 9 N–H and O–H groups in total. The number of nitrogens with two attached hydrogens (primary N) is 2. The number of amides is 3. The summed E-state index contributed by atoms with van der Waals surface area (Å²) in [5.74, 6) is -1.20. The van der Waals surface area contributed by atoms with Crippen molar-refractivity contribution in [2.75, 3.05) is 77.0 Å². The Hall–Kier alpha value is -5.36. The molecule has 2 aliphatic rings. The largest absolute Gasteiger partial charge is 0.448 e. The van der Waals surface area contributed by atoms with E-state index in [-0.39, 0.29) is 91.8 Å². The van der Waals surface area contributed by atoms with Crippen LogP contribution in [0.1, 0.15) is 97.0 Å². The van der Waals surface area contributed by atoms with Crippen LogP contribution in [0.2, 0.25) is 5.15 Å². The minimum absolute atomic E-state index is 0.0162. The Labute approximate surface area is 411 Å². The highest BCUT2D eigenvalue weighted by molar-refractivity contribution is 6.31. The van der Waals surface area contributed by atoms with Gasteiger partial charge in [-0.25, -0.2) is 14.8 Å². The van der Waals surface area contributed by atoms with Crippen LogP contribution in [-0.4, -0.2) is 147 Å². The highest BCUT2D eigenvalue weighted by atomic mass is 35.5. The van der Waals surface area contributed by atoms with E-state index in [1.165, 1.54) is 0 Å². The minimum Gasteiger partial charge on any atom is -0.448 e. The van der Waals surface area contributed by atoms with Gasteiger partial charge in [0.1, 0.15) is 12.7 Å². The number of nitrogen functional groups attached to an aromatic ring is 2. The Morgan fingerprint density at radius 1 is 0.870 bits per heavy atom. The van der Waals surface area contributed by atoms with E-state index in [0.717, 1.165) is 59.1 Å². The summed E-state index contributed by atoms with van der Waals surface area (Å²) in [6.07, 6.45) is 1.62. The number of anilines is 2. The molecule has 16 nitrogen and oxygen atoms in total. The summed E-state index contributed by atoms with van der Waals surface area (Å²) in [4.78, 5) is 55.5. The monoisotopic (exact) mass is 971 g/mol. The van der Waals surface area contributed by atoms with Gasteiger partial charge in [0, 0.05) is 64.8 Å². The number of aliphatic hydroxyl groups is 4. The third-order valence-electron chi connectivity index (χ3n) is 13.6. The highest BCUT2D eigenvalue weighted by Crippen LogP contribution is 2.44. The van der Waals surface area contributed by atoms with Crippen molar-refractivity contribution in [2.45, 2.75) is 95.9 Å². The standard InChI is InChI=1S/C52H71ClN8O8/c1-3-4-5-12-23-59(32-44(64)47(66)43(63)22-27-62)24-21-45(65)60-25-19-35(20-26-60)30-61(52(68)69-33-42-40-17-10-8-15-38(40)39-16-9-11-18-41(39)42)31-36(28-37-14-7-6-13-34(37)2)29-56-51(67)46-49(54)58-50(55)48(53)57-46/h6-11,13-18,35-36,42-44,47,62-64,66H,3-5,12,19-33H2,1-2H3,(H,56,67)(H4,54,55,58)/t36-,43?,44?,47?/m0/s1. The predicted molar refractivity (Wildman–Crippen MR) is 267 cm³/mol. The number of aromatic nitrogens is 2. The van der Waals surface area contributed by atoms with Crippen molar-refractivity contribution in [3.8, 4) is 11.1 Å². The number of ether oxygens (including phenoxy) is 1. The number of unbranched alkanes of at least 4 members (excludes halogenated alkanes) is 3. The first-order valence-electron chi connectivity index (χ1n) is 24.4. The van der Waals surface area contributed by atoms with Crippen molar-refractivity contribution in [3.63, 3.8) is 0 Å².